The maximum absolute atomic E-state index is 4.42. The van der Waals surface area contributed by atoms with Crippen LogP contribution in [-0.2, 0) is 0 Å². The van der Waals surface area contributed by atoms with Crippen LogP contribution in [0.1, 0.15) is 33.3 Å². The van der Waals surface area contributed by atoms with Crippen molar-refractivity contribution in [2.75, 3.05) is 6.54 Å². The molecular weight excluding hydrogens is 236 g/mol. The summed E-state index contributed by atoms with van der Waals surface area (Å²) in [6.45, 7) is 7.44. The van der Waals surface area contributed by atoms with Crippen molar-refractivity contribution < 1.29 is 0 Å². The third-order valence-electron chi connectivity index (χ3n) is 2.50. The first-order chi connectivity index (χ1) is 7.72. The topological polar surface area (TPSA) is 24.9 Å². The molecule has 4 heteroatoms. The monoisotopic (exact) mass is 252 g/mol. The lowest BCUT2D eigenvalue weighted by Crippen LogP contribution is -2.21. The van der Waals surface area contributed by atoms with Crippen molar-refractivity contribution in [1.29, 1.82) is 0 Å². The molecule has 0 radical (unpaired) electrons. The van der Waals surface area contributed by atoms with Gasteiger partial charge in [0.1, 0.15) is 5.01 Å². The molecule has 0 aromatic carbocycles. The van der Waals surface area contributed by atoms with Crippen LogP contribution in [0.5, 0.6) is 0 Å². The fraction of sp³-hybridized carbons (Fsp3) is 0.417. The van der Waals surface area contributed by atoms with Crippen molar-refractivity contribution in [1.82, 2.24) is 10.3 Å². The summed E-state index contributed by atoms with van der Waals surface area (Å²) in [4.78, 5) is 7.18. The SMILES string of the molecule is CCNC(c1nccs1)c1cc(C)sc1C. The predicted molar refractivity (Wildman–Crippen MR) is 71.4 cm³/mol. The molecule has 0 aliphatic carbocycles. The predicted octanol–water partition coefficient (Wildman–Crippen LogP) is 3.52. The van der Waals surface area contributed by atoms with E-state index in [4.69, 9.17) is 0 Å². The molecule has 1 N–H and O–H groups in total. The number of thiophene rings is 1. The Hall–Kier alpha value is -0.710. The molecule has 2 nitrogen and oxygen atoms in total. The van der Waals surface area contributed by atoms with E-state index < -0.39 is 0 Å². The van der Waals surface area contributed by atoms with Crippen molar-refractivity contribution in [2.45, 2.75) is 26.8 Å². The Bertz CT molecular complexity index is 446. The van der Waals surface area contributed by atoms with Crippen molar-refractivity contribution in [3.8, 4) is 0 Å². The summed E-state index contributed by atoms with van der Waals surface area (Å²) in [5.74, 6) is 0. The van der Waals surface area contributed by atoms with Gasteiger partial charge < -0.3 is 5.32 Å². The first-order valence-corrected chi connectivity index (χ1v) is 7.11. The molecule has 0 fully saturated rings. The van der Waals surface area contributed by atoms with Crippen LogP contribution in [0, 0.1) is 13.8 Å². The Kier molecular flexibility index (Phi) is 3.74. The zero-order chi connectivity index (χ0) is 11.5. The van der Waals surface area contributed by atoms with Crippen LogP contribution < -0.4 is 5.32 Å². The van der Waals surface area contributed by atoms with E-state index in [0.717, 1.165) is 11.6 Å². The van der Waals surface area contributed by atoms with Gasteiger partial charge in [0, 0.05) is 21.3 Å². The second-order valence-corrected chi connectivity index (χ2v) is 6.12. The molecule has 0 amide bonds. The smallest absolute Gasteiger partial charge is 0.114 e. The van der Waals surface area contributed by atoms with Crippen molar-refractivity contribution >= 4 is 22.7 Å². The van der Waals surface area contributed by atoms with Gasteiger partial charge in [-0.1, -0.05) is 6.92 Å². The Labute approximate surface area is 104 Å². The van der Waals surface area contributed by atoms with Gasteiger partial charge in [0.05, 0.1) is 6.04 Å². The molecule has 0 aliphatic heterocycles. The maximum Gasteiger partial charge on any atom is 0.114 e. The fourth-order valence-electron chi connectivity index (χ4n) is 1.85. The summed E-state index contributed by atoms with van der Waals surface area (Å²) in [6.07, 6.45) is 1.87. The number of aromatic nitrogens is 1. The standard InChI is InChI=1S/C12H16N2S2/c1-4-13-11(12-14-5-6-15-12)10-7-8(2)16-9(10)3/h5-7,11,13H,4H2,1-3H3. The average Bonchev–Trinajstić information content (AvgIpc) is 2.85. The Morgan fingerprint density at radius 3 is 2.75 bits per heavy atom. The van der Waals surface area contributed by atoms with Gasteiger partial charge in [-0.05, 0) is 32.0 Å². The Morgan fingerprint density at radius 2 is 2.25 bits per heavy atom. The van der Waals surface area contributed by atoms with E-state index in [9.17, 15) is 0 Å². The van der Waals surface area contributed by atoms with Crippen LogP contribution in [0.3, 0.4) is 0 Å². The second-order valence-electron chi connectivity index (χ2n) is 3.73. The highest BCUT2D eigenvalue weighted by molar-refractivity contribution is 7.12. The minimum absolute atomic E-state index is 0.259. The Balaban J connectivity index is 2.36. The largest absolute Gasteiger partial charge is 0.305 e. The van der Waals surface area contributed by atoms with Gasteiger partial charge in [-0.25, -0.2) is 4.98 Å². The van der Waals surface area contributed by atoms with E-state index in [1.807, 2.05) is 22.9 Å². The zero-order valence-corrected chi connectivity index (χ0v) is 11.4. The summed E-state index contributed by atoms with van der Waals surface area (Å²) in [7, 11) is 0. The van der Waals surface area contributed by atoms with Gasteiger partial charge in [0.25, 0.3) is 0 Å². The van der Waals surface area contributed by atoms with Gasteiger partial charge in [0.2, 0.25) is 0 Å². The molecule has 2 aromatic rings. The number of rotatable bonds is 4. The molecule has 0 spiro atoms. The lowest BCUT2D eigenvalue weighted by molar-refractivity contribution is 0.626. The molecular formula is C12H16N2S2. The van der Waals surface area contributed by atoms with E-state index in [0.29, 0.717) is 0 Å². The number of hydrogen-bond donors (Lipinski definition) is 1. The number of nitrogens with zero attached hydrogens (tertiary/aromatic N) is 1. The highest BCUT2D eigenvalue weighted by atomic mass is 32.1. The normalized spacial score (nSPS) is 12.9. The molecule has 1 unspecified atom stereocenters. The summed E-state index contributed by atoms with van der Waals surface area (Å²) in [5.41, 5.74) is 1.37. The molecule has 0 aliphatic rings. The number of nitrogens with one attached hydrogen (secondary N) is 1. The molecule has 16 heavy (non-hydrogen) atoms. The molecule has 2 rings (SSSR count). The maximum atomic E-state index is 4.42. The average molecular weight is 252 g/mol. The third kappa shape index (κ3) is 2.34. The van der Waals surface area contributed by atoms with Gasteiger partial charge in [0.15, 0.2) is 0 Å². The van der Waals surface area contributed by atoms with Gasteiger partial charge in [-0.15, -0.1) is 22.7 Å². The van der Waals surface area contributed by atoms with E-state index in [1.165, 1.54) is 15.3 Å². The Morgan fingerprint density at radius 1 is 1.44 bits per heavy atom. The number of aryl methyl sites for hydroxylation is 2. The first-order valence-electron chi connectivity index (χ1n) is 5.42. The lowest BCUT2D eigenvalue weighted by atomic mass is 10.1. The van der Waals surface area contributed by atoms with E-state index in [2.05, 4.69) is 37.1 Å². The molecule has 86 valence electrons. The fourth-order valence-corrected chi connectivity index (χ4v) is 3.54. The molecule has 0 saturated carbocycles. The third-order valence-corrected chi connectivity index (χ3v) is 4.32. The highest BCUT2D eigenvalue weighted by Gasteiger charge is 2.18. The van der Waals surface area contributed by atoms with Crippen LogP contribution in [0.25, 0.3) is 0 Å². The number of hydrogen-bond acceptors (Lipinski definition) is 4. The lowest BCUT2D eigenvalue weighted by Gasteiger charge is -2.15. The highest BCUT2D eigenvalue weighted by Crippen LogP contribution is 2.31. The minimum atomic E-state index is 0.259. The van der Waals surface area contributed by atoms with Crippen LogP contribution in [0.2, 0.25) is 0 Å². The molecule has 0 bridgehead atoms. The van der Waals surface area contributed by atoms with E-state index in [-0.39, 0.29) is 6.04 Å². The van der Waals surface area contributed by atoms with Gasteiger partial charge >= 0.3 is 0 Å². The van der Waals surface area contributed by atoms with Crippen LogP contribution in [0.4, 0.5) is 0 Å². The van der Waals surface area contributed by atoms with Crippen molar-refractivity contribution in [3.05, 3.63) is 38.0 Å². The summed E-state index contributed by atoms with van der Waals surface area (Å²) < 4.78 is 0. The number of thiazole rings is 1. The van der Waals surface area contributed by atoms with Gasteiger partial charge in [-0.3, -0.25) is 0 Å². The molecule has 2 aromatic heterocycles. The summed E-state index contributed by atoms with van der Waals surface area (Å²) >= 11 is 3.57. The van der Waals surface area contributed by atoms with Crippen LogP contribution in [0.15, 0.2) is 17.6 Å². The first kappa shape index (κ1) is 11.8. The van der Waals surface area contributed by atoms with Crippen LogP contribution in [-0.4, -0.2) is 11.5 Å². The zero-order valence-electron chi connectivity index (χ0n) is 9.78. The second kappa shape index (κ2) is 5.08. The van der Waals surface area contributed by atoms with Crippen LogP contribution >= 0.6 is 22.7 Å². The minimum Gasteiger partial charge on any atom is -0.305 e. The summed E-state index contributed by atoms with van der Waals surface area (Å²) in [5, 5.41) is 6.70. The molecule has 1 atom stereocenters. The summed E-state index contributed by atoms with van der Waals surface area (Å²) in [6, 6.07) is 2.53. The van der Waals surface area contributed by atoms with Crippen molar-refractivity contribution in [2.24, 2.45) is 0 Å². The van der Waals surface area contributed by atoms with E-state index in [1.54, 1.807) is 11.3 Å². The van der Waals surface area contributed by atoms with Gasteiger partial charge in [-0.2, -0.15) is 0 Å². The van der Waals surface area contributed by atoms with Crippen molar-refractivity contribution in [3.63, 3.8) is 0 Å². The van der Waals surface area contributed by atoms with E-state index >= 15 is 0 Å². The quantitative estimate of drug-likeness (QED) is 0.900. The molecule has 0 saturated heterocycles. The molecule has 2 heterocycles.